The van der Waals surface area contributed by atoms with Crippen molar-refractivity contribution in [1.29, 1.82) is 0 Å². The molecule has 0 aliphatic carbocycles. The van der Waals surface area contributed by atoms with Gasteiger partial charge in [-0.1, -0.05) is 26.3 Å². The lowest BCUT2D eigenvalue weighted by atomic mass is 9.82. The lowest BCUT2D eigenvalue weighted by molar-refractivity contribution is -0.110. The summed E-state index contributed by atoms with van der Waals surface area (Å²) in [6.45, 7) is 13.7. The van der Waals surface area contributed by atoms with Crippen LogP contribution in [0, 0.1) is 11.3 Å². The first-order chi connectivity index (χ1) is 9.76. The SMILES string of the molecule is C=C(C)CCOC(=O)NCCC(C)CC(C)(C)CNC=O. The van der Waals surface area contributed by atoms with Gasteiger partial charge in [-0.25, -0.2) is 4.79 Å². The number of nitrogens with one attached hydrogen (secondary N) is 2. The molecular weight excluding hydrogens is 268 g/mol. The molecule has 0 aromatic heterocycles. The molecule has 0 heterocycles. The molecule has 21 heavy (non-hydrogen) atoms. The van der Waals surface area contributed by atoms with Gasteiger partial charge < -0.3 is 15.4 Å². The number of amides is 2. The van der Waals surface area contributed by atoms with E-state index in [1.165, 1.54) is 0 Å². The Kier molecular flexibility index (Phi) is 9.50. The van der Waals surface area contributed by atoms with Crippen LogP contribution in [0.25, 0.3) is 0 Å². The Morgan fingerprint density at radius 2 is 2.10 bits per heavy atom. The van der Waals surface area contributed by atoms with Crippen molar-refractivity contribution in [3.8, 4) is 0 Å². The molecule has 0 aliphatic rings. The zero-order chi connectivity index (χ0) is 16.3. The van der Waals surface area contributed by atoms with Gasteiger partial charge in [-0.3, -0.25) is 4.79 Å². The van der Waals surface area contributed by atoms with Gasteiger partial charge in [-0.2, -0.15) is 0 Å². The fourth-order valence-corrected chi connectivity index (χ4v) is 2.23. The Balaban J connectivity index is 3.77. The summed E-state index contributed by atoms with van der Waals surface area (Å²) in [5, 5.41) is 5.48. The van der Waals surface area contributed by atoms with Crippen LogP contribution >= 0.6 is 0 Å². The molecule has 0 spiro atoms. The second kappa shape index (κ2) is 10.2. The van der Waals surface area contributed by atoms with E-state index in [-0.39, 0.29) is 11.5 Å². The number of carbonyl (C=O) groups excluding carboxylic acids is 2. The zero-order valence-corrected chi connectivity index (χ0v) is 13.8. The molecule has 122 valence electrons. The fourth-order valence-electron chi connectivity index (χ4n) is 2.23. The molecule has 0 bridgehead atoms. The number of ether oxygens (including phenoxy) is 1. The fraction of sp³-hybridized carbons (Fsp3) is 0.750. The second-order valence-corrected chi connectivity index (χ2v) is 6.53. The minimum Gasteiger partial charge on any atom is -0.449 e. The molecule has 1 atom stereocenters. The summed E-state index contributed by atoms with van der Waals surface area (Å²) in [5.74, 6) is 0.462. The third-order valence-corrected chi connectivity index (χ3v) is 3.23. The summed E-state index contributed by atoms with van der Waals surface area (Å²) >= 11 is 0. The topological polar surface area (TPSA) is 67.4 Å². The van der Waals surface area contributed by atoms with Gasteiger partial charge in [0.25, 0.3) is 0 Å². The van der Waals surface area contributed by atoms with E-state index in [1.807, 2.05) is 6.92 Å². The third kappa shape index (κ3) is 12.0. The first-order valence-corrected chi connectivity index (χ1v) is 7.49. The van der Waals surface area contributed by atoms with Crippen molar-refractivity contribution in [2.45, 2.75) is 47.0 Å². The minimum absolute atomic E-state index is 0.0579. The highest BCUT2D eigenvalue weighted by molar-refractivity contribution is 5.67. The number of hydrogen-bond donors (Lipinski definition) is 2. The van der Waals surface area contributed by atoms with Crippen LogP contribution in [0.2, 0.25) is 0 Å². The van der Waals surface area contributed by atoms with Gasteiger partial charge in [0, 0.05) is 19.5 Å². The highest BCUT2D eigenvalue weighted by atomic mass is 16.5. The van der Waals surface area contributed by atoms with Gasteiger partial charge in [-0.15, -0.1) is 6.58 Å². The smallest absolute Gasteiger partial charge is 0.407 e. The Morgan fingerprint density at radius 1 is 1.43 bits per heavy atom. The monoisotopic (exact) mass is 298 g/mol. The highest BCUT2D eigenvalue weighted by Crippen LogP contribution is 2.25. The summed E-state index contributed by atoms with van der Waals surface area (Å²) in [4.78, 5) is 21.8. The van der Waals surface area contributed by atoms with Crippen LogP contribution in [-0.4, -0.2) is 32.2 Å². The molecule has 0 saturated carbocycles. The zero-order valence-electron chi connectivity index (χ0n) is 13.8. The van der Waals surface area contributed by atoms with E-state index in [2.05, 4.69) is 38.0 Å². The molecule has 2 amide bonds. The molecular formula is C16H30N2O3. The molecule has 2 N–H and O–H groups in total. The number of carbonyl (C=O) groups is 2. The maximum atomic E-state index is 11.4. The van der Waals surface area contributed by atoms with Crippen LogP contribution in [0.3, 0.4) is 0 Å². The molecule has 0 aliphatic heterocycles. The standard InChI is InChI=1S/C16H30N2O3/c1-13(2)7-9-21-15(20)18-8-6-14(3)10-16(4,5)11-17-12-19/h12,14H,1,6-11H2,2-5H3,(H,17,19)(H,18,20). The maximum absolute atomic E-state index is 11.4. The van der Waals surface area contributed by atoms with E-state index in [1.54, 1.807) is 0 Å². The van der Waals surface area contributed by atoms with Crippen molar-refractivity contribution >= 4 is 12.5 Å². The Labute approximate surface area is 128 Å². The van der Waals surface area contributed by atoms with Crippen LogP contribution < -0.4 is 10.6 Å². The van der Waals surface area contributed by atoms with Gasteiger partial charge in [0.05, 0.1) is 6.61 Å². The normalized spacial score (nSPS) is 12.4. The minimum atomic E-state index is -0.370. The van der Waals surface area contributed by atoms with Crippen molar-refractivity contribution < 1.29 is 14.3 Å². The molecule has 0 rings (SSSR count). The van der Waals surface area contributed by atoms with Crippen molar-refractivity contribution in [3.63, 3.8) is 0 Å². The second-order valence-electron chi connectivity index (χ2n) is 6.53. The van der Waals surface area contributed by atoms with Crippen molar-refractivity contribution in [2.24, 2.45) is 11.3 Å². The van der Waals surface area contributed by atoms with E-state index in [4.69, 9.17) is 4.74 Å². The van der Waals surface area contributed by atoms with Crippen molar-refractivity contribution in [1.82, 2.24) is 10.6 Å². The molecule has 5 nitrogen and oxygen atoms in total. The summed E-state index contributed by atoms with van der Waals surface area (Å²) in [5.41, 5.74) is 1.06. The first-order valence-electron chi connectivity index (χ1n) is 7.49. The van der Waals surface area contributed by atoms with Gasteiger partial charge in [0.15, 0.2) is 0 Å². The predicted octanol–water partition coefficient (Wildman–Crippen LogP) is 2.87. The molecule has 1 unspecified atom stereocenters. The average Bonchev–Trinajstić information content (AvgIpc) is 2.35. The van der Waals surface area contributed by atoms with E-state index >= 15 is 0 Å². The molecule has 0 radical (unpaired) electrons. The van der Waals surface area contributed by atoms with Crippen LogP contribution in [0.1, 0.15) is 47.0 Å². The lowest BCUT2D eigenvalue weighted by Gasteiger charge is -2.27. The molecule has 5 heteroatoms. The van der Waals surface area contributed by atoms with E-state index in [0.717, 1.165) is 24.8 Å². The lowest BCUT2D eigenvalue weighted by Crippen LogP contribution is -2.31. The van der Waals surface area contributed by atoms with E-state index in [9.17, 15) is 9.59 Å². The predicted molar refractivity (Wildman–Crippen MR) is 85.0 cm³/mol. The summed E-state index contributed by atoms with van der Waals surface area (Å²) < 4.78 is 5.03. The van der Waals surface area contributed by atoms with Gasteiger partial charge in [0.2, 0.25) is 6.41 Å². The van der Waals surface area contributed by atoms with Gasteiger partial charge in [-0.05, 0) is 31.1 Å². The molecule has 0 saturated heterocycles. The largest absolute Gasteiger partial charge is 0.449 e. The van der Waals surface area contributed by atoms with Crippen molar-refractivity contribution in [3.05, 3.63) is 12.2 Å². The quantitative estimate of drug-likeness (QED) is 0.455. The van der Waals surface area contributed by atoms with Crippen LogP contribution in [0.5, 0.6) is 0 Å². The van der Waals surface area contributed by atoms with Crippen LogP contribution in [0.15, 0.2) is 12.2 Å². The van der Waals surface area contributed by atoms with Crippen LogP contribution in [0.4, 0.5) is 4.79 Å². The molecule has 0 fully saturated rings. The molecule has 0 aromatic carbocycles. The van der Waals surface area contributed by atoms with E-state index in [0.29, 0.717) is 32.0 Å². The molecule has 0 aromatic rings. The first kappa shape index (κ1) is 19.5. The Bertz CT molecular complexity index is 340. The summed E-state index contributed by atoms with van der Waals surface area (Å²) in [6, 6.07) is 0. The highest BCUT2D eigenvalue weighted by Gasteiger charge is 2.20. The van der Waals surface area contributed by atoms with E-state index < -0.39 is 0 Å². The number of hydrogen-bond acceptors (Lipinski definition) is 3. The summed E-state index contributed by atoms with van der Waals surface area (Å²) in [6.07, 6.45) is 2.93. The average molecular weight is 298 g/mol. The summed E-state index contributed by atoms with van der Waals surface area (Å²) in [7, 11) is 0. The Hall–Kier alpha value is -1.52. The third-order valence-electron chi connectivity index (χ3n) is 3.23. The van der Waals surface area contributed by atoms with Crippen LogP contribution in [-0.2, 0) is 9.53 Å². The van der Waals surface area contributed by atoms with Gasteiger partial charge >= 0.3 is 6.09 Å². The van der Waals surface area contributed by atoms with Crippen molar-refractivity contribution in [2.75, 3.05) is 19.7 Å². The number of rotatable bonds is 11. The maximum Gasteiger partial charge on any atom is 0.407 e. The van der Waals surface area contributed by atoms with Gasteiger partial charge in [0.1, 0.15) is 0 Å². The Morgan fingerprint density at radius 3 is 2.67 bits per heavy atom. The number of alkyl carbamates (subject to hydrolysis) is 1.